The van der Waals surface area contributed by atoms with Crippen LogP contribution < -0.4 is 0 Å². The Bertz CT molecular complexity index is 481. The molecular formula is C11H18N2O3S. The summed E-state index contributed by atoms with van der Waals surface area (Å²) in [6.45, 7) is 4.31. The van der Waals surface area contributed by atoms with Crippen molar-refractivity contribution in [2.24, 2.45) is 0 Å². The minimum atomic E-state index is -3.15. The number of hydrogen-bond donors (Lipinski definition) is 0. The lowest BCUT2D eigenvalue weighted by Gasteiger charge is -2.21. The van der Waals surface area contributed by atoms with Gasteiger partial charge in [-0.05, 0) is 26.2 Å². The van der Waals surface area contributed by atoms with E-state index in [1.807, 2.05) is 19.9 Å². The molecule has 0 amide bonds. The summed E-state index contributed by atoms with van der Waals surface area (Å²) in [7, 11) is -3.15. The van der Waals surface area contributed by atoms with Crippen molar-refractivity contribution in [1.29, 1.82) is 0 Å². The molecule has 0 aliphatic carbocycles. The molecule has 5 nitrogen and oxygen atoms in total. The number of rotatable bonds is 4. The summed E-state index contributed by atoms with van der Waals surface area (Å²) in [5, 5.41) is 3.83. The van der Waals surface area contributed by atoms with Gasteiger partial charge in [0, 0.05) is 12.6 Å². The predicted molar refractivity (Wildman–Crippen MR) is 64.0 cm³/mol. The summed E-state index contributed by atoms with van der Waals surface area (Å²) in [4.78, 5) is 0. The topological polar surface area (TPSA) is 63.4 Å². The van der Waals surface area contributed by atoms with Gasteiger partial charge in [-0.2, -0.15) is 4.31 Å². The van der Waals surface area contributed by atoms with E-state index in [1.54, 1.807) is 4.31 Å². The van der Waals surface area contributed by atoms with E-state index in [9.17, 15) is 8.42 Å². The van der Waals surface area contributed by atoms with Crippen LogP contribution in [-0.4, -0.2) is 30.2 Å². The normalized spacial score (nSPS) is 22.1. The number of aromatic nitrogens is 1. The summed E-state index contributed by atoms with van der Waals surface area (Å²) < 4.78 is 30.9. The van der Waals surface area contributed by atoms with Gasteiger partial charge < -0.3 is 4.52 Å². The van der Waals surface area contributed by atoms with Gasteiger partial charge in [-0.3, -0.25) is 0 Å². The predicted octanol–water partition coefficient (Wildman–Crippen LogP) is 1.86. The number of nitrogens with zero attached hydrogens (tertiary/aromatic N) is 2. The fourth-order valence-electron chi connectivity index (χ4n) is 2.27. The zero-order chi connectivity index (χ0) is 12.5. The van der Waals surface area contributed by atoms with E-state index in [2.05, 4.69) is 5.16 Å². The monoisotopic (exact) mass is 258 g/mol. The maximum absolute atomic E-state index is 12.1. The van der Waals surface area contributed by atoms with Crippen molar-refractivity contribution < 1.29 is 12.9 Å². The molecule has 2 heterocycles. The van der Waals surface area contributed by atoms with Gasteiger partial charge in [-0.25, -0.2) is 8.42 Å². The molecule has 0 N–H and O–H groups in total. The maximum atomic E-state index is 12.1. The van der Waals surface area contributed by atoms with Gasteiger partial charge in [0.25, 0.3) is 0 Å². The van der Waals surface area contributed by atoms with Crippen LogP contribution in [0.5, 0.6) is 0 Å². The summed E-state index contributed by atoms with van der Waals surface area (Å²) >= 11 is 0. The van der Waals surface area contributed by atoms with Gasteiger partial charge in [0.15, 0.2) is 5.76 Å². The number of hydrogen-bond acceptors (Lipinski definition) is 4. The average Bonchev–Trinajstić information content (AvgIpc) is 2.84. The zero-order valence-electron chi connectivity index (χ0n) is 10.2. The Kier molecular flexibility index (Phi) is 3.53. The third-order valence-corrected chi connectivity index (χ3v) is 5.07. The van der Waals surface area contributed by atoms with E-state index in [-0.39, 0.29) is 11.8 Å². The van der Waals surface area contributed by atoms with Crippen LogP contribution in [0.4, 0.5) is 0 Å². The molecule has 1 saturated heterocycles. The Morgan fingerprint density at radius 3 is 2.94 bits per heavy atom. The standard InChI is InChI=1S/C11H18N2O3S/c1-3-7-17(14,15)13-6-4-5-10(13)11-8-9(2)12-16-11/h8,10H,3-7H2,1-2H3. The van der Waals surface area contributed by atoms with Crippen molar-refractivity contribution in [1.82, 2.24) is 9.46 Å². The minimum absolute atomic E-state index is 0.159. The summed E-state index contributed by atoms with van der Waals surface area (Å²) in [6, 6.07) is 1.66. The van der Waals surface area contributed by atoms with E-state index >= 15 is 0 Å². The molecule has 17 heavy (non-hydrogen) atoms. The average molecular weight is 258 g/mol. The Labute approximate surface area is 102 Å². The smallest absolute Gasteiger partial charge is 0.214 e. The van der Waals surface area contributed by atoms with Crippen LogP contribution in [0, 0.1) is 6.92 Å². The maximum Gasteiger partial charge on any atom is 0.214 e. The van der Waals surface area contributed by atoms with E-state index in [0.29, 0.717) is 18.7 Å². The molecule has 1 aliphatic rings. The molecule has 0 spiro atoms. The third kappa shape index (κ3) is 2.52. The highest BCUT2D eigenvalue weighted by molar-refractivity contribution is 7.89. The van der Waals surface area contributed by atoms with Gasteiger partial charge in [-0.1, -0.05) is 12.1 Å². The summed E-state index contributed by atoms with van der Waals surface area (Å²) in [5.74, 6) is 0.871. The SMILES string of the molecule is CCCS(=O)(=O)N1CCCC1c1cc(C)no1. The number of sulfonamides is 1. The van der Waals surface area contributed by atoms with Crippen molar-refractivity contribution in [2.45, 2.75) is 39.2 Å². The van der Waals surface area contributed by atoms with Crippen molar-refractivity contribution in [3.05, 3.63) is 17.5 Å². The van der Waals surface area contributed by atoms with Crippen LogP contribution in [0.1, 0.15) is 43.7 Å². The first-order valence-corrected chi connectivity index (χ1v) is 7.58. The Morgan fingerprint density at radius 1 is 1.59 bits per heavy atom. The van der Waals surface area contributed by atoms with Gasteiger partial charge in [0.05, 0.1) is 17.5 Å². The fraction of sp³-hybridized carbons (Fsp3) is 0.727. The molecule has 0 saturated carbocycles. The Hall–Kier alpha value is -0.880. The highest BCUT2D eigenvalue weighted by Crippen LogP contribution is 2.34. The molecule has 1 fully saturated rings. The van der Waals surface area contributed by atoms with E-state index in [0.717, 1.165) is 18.5 Å². The molecule has 1 atom stereocenters. The molecule has 0 radical (unpaired) electrons. The van der Waals surface area contributed by atoms with Gasteiger partial charge in [0.2, 0.25) is 10.0 Å². The van der Waals surface area contributed by atoms with Crippen molar-refractivity contribution in [2.75, 3.05) is 12.3 Å². The highest BCUT2D eigenvalue weighted by Gasteiger charge is 2.36. The fourth-order valence-corrected chi connectivity index (χ4v) is 4.03. The van der Waals surface area contributed by atoms with E-state index in [1.165, 1.54) is 0 Å². The molecule has 6 heteroatoms. The first kappa shape index (κ1) is 12.6. The molecule has 1 aromatic rings. The molecule has 0 bridgehead atoms. The van der Waals surface area contributed by atoms with Crippen molar-refractivity contribution in [3.8, 4) is 0 Å². The summed E-state index contributed by atoms with van der Waals surface area (Å²) in [5.41, 5.74) is 0.791. The first-order valence-electron chi connectivity index (χ1n) is 5.97. The lowest BCUT2D eigenvalue weighted by Crippen LogP contribution is -2.32. The second-order valence-electron chi connectivity index (χ2n) is 4.46. The molecular weight excluding hydrogens is 240 g/mol. The van der Waals surface area contributed by atoms with Crippen LogP contribution in [0.15, 0.2) is 10.6 Å². The van der Waals surface area contributed by atoms with Gasteiger partial charge in [-0.15, -0.1) is 0 Å². The second kappa shape index (κ2) is 4.78. The van der Waals surface area contributed by atoms with E-state index < -0.39 is 10.0 Å². The lowest BCUT2D eigenvalue weighted by molar-refractivity contribution is 0.297. The van der Waals surface area contributed by atoms with Crippen LogP contribution in [0.3, 0.4) is 0 Å². The Balaban J connectivity index is 2.24. The van der Waals surface area contributed by atoms with E-state index in [4.69, 9.17) is 4.52 Å². The largest absolute Gasteiger partial charge is 0.359 e. The highest BCUT2D eigenvalue weighted by atomic mass is 32.2. The minimum Gasteiger partial charge on any atom is -0.359 e. The van der Waals surface area contributed by atoms with Gasteiger partial charge >= 0.3 is 0 Å². The third-order valence-electron chi connectivity index (χ3n) is 3.00. The molecule has 1 aliphatic heterocycles. The molecule has 96 valence electrons. The molecule has 0 aromatic carbocycles. The zero-order valence-corrected chi connectivity index (χ0v) is 11.0. The molecule has 1 unspecified atom stereocenters. The first-order chi connectivity index (χ1) is 8.04. The van der Waals surface area contributed by atoms with Crippen LogP contribution >= 0.6 is 0 Å². The van der Waals surface area contributed by atoms with Crippen LogP contribution in [0.2, 0.25) is 0 Å². The molecule has 1 aromatic heterocycles. The van der Waals surface area contributed by atoms with Crippen LogP contribution in [0.25, 0.3) is 0 Å². The van der Waals surface area contributed by atoms with Crippen LogP contribution in [-0.2, 0) is 10.0 Å². The number of aryl methyl sites for hydroxylation is 1. The van der Waals surface area contributed by atoms with Crippen molar-refractivity contribution in [3.63, 3.8) is 0 Å². The van der Waals surface area contributed by atoms with Gasteiger partial charge in [0.1, 0.15) is 0 Å². The molecule has 2 rings (SSSR count). The second-order valence-corrected chi connectivity index (χ2v) is 6.50. The lowest BCUT2D eigenvalue weighted by atomic mass is 10.2. The summed E-state index contributed by atoms with van der Waals surface area (Å²) in [6.07, 6.45) is 2.34. The van der Waals surface area contributed by atoms with Crippen molar-refractivity contribution >= 4 is 10.0 Å². The quantitative estimate of drug-likeness (QED) is 0.827. The Morgan fingerprint density at radius 2 is 2.35 bits per heavy atom.